The zero-order chi connectivity index (χ0) is 20.8. The molecule has 0 atom stereocenters. The molecule has 1 N–H and O–H groups in total. The Morgan fingerprint density at radius 2 is 1.19 bits per heavy atom. The van der Waals surface area contributed by atoms with Crippen molar-refractivity contribution in [2.75, 3.05) is 5.38 Å². The molecule has 0 aliphatic heterocycles. The summed E-state index contributed by atoms with van der Waals surface area (Å²) in [5.74, 6) is 0.410. The first-order chi connectivity index (χ1) is 11.3. The molecule has 3 heteroatoms. The molecule has 0 radical (unpaired) electrons. The van der Waals surface area contributed by atoms with Crippen LogP contribution in [0.4, 0.5) is 0 Å². The molecule has 150 valence electrons. The van der Waals surface area contributed by atoms with Crippen molar-refractivity contribution in [2.24, 2.45) is 0 Å². The first kappa shape index (κ1) is 23.6. The van der Waals surface area contributed by atoms with Crippen molar-refractivity contribution >= 4 is 19.8 Å². The van der Waals surface area contributed by atoms with Gasteiger partial charge in [-0.3, -0.25) is 0 Å². The molecule has 1 aromatic rings. The summed E-state index contributed by atoms with van der Waals surface area (Å²) >= 11 is 2.00. The summed E-state index contributed by atoms with van der Waals surface area (Å²) in [4.78, 5) is 1.28. The Morgan fingerprint density at radius 1 is 0.769 bits per heavy atom. The first-order valence-corrected chi connectivity index (χ1v) is 13.0. The van der Waals surface area contributed by atoms with Gasteiger partial charge in [-0.25, -0.2) is 0 Å². The highest BCUT2D eigenvalue weighted by Gasteiger charge is 2.59. The predicted octanol–water partition coefficient (Wildman–Crippen LogP) is 8.17. The largest absolute Gasteiger partial charge is 0.508 e. The second-order valence-corrected chi connectivity index (χ2v) is 20.1. The van der Waals surface area contributed by atoms with Crippen molar-refractivity contribution in [2.45, 2.75) is 109 Å². The Hall–Kier alpha value is -0.413. The van der Waals surface area contributed by atoms with Crippen molar-refractivity contribution < 1.29 is 5.11 Å². The average Bonchev–Trinajstić information content (AvgIpc) is 2.34. The minimum Gasteiger partial charge on any atom is -0.508 e. The number of phenols is 1. The lowest BCUT2D eigenvalue weighted by Gasteiger charge is -2.59. The van der Waals surface area contributed by atoms with Gasteiger partial charge in [-0.15, -0.1) is 11.8 Å². The van der Waals surface area contributed by atoms with Crippen molar-refractivity contribution in [3.8, 4) is 5.75 Å². The lowest BCUT2D eigenvalue weighted by Crippen LogP contribution is -2.60. The Balaban J connectivity index is 3.37. The van der Waals surface area contributed by atoms with Crippen molar-refractivity contribution in [1.82, 2.24) is 0 Å². The standard InChI is InChI=1S/C23H42OSSi/c1-20(2,3)18-15-17(13-14-19(18)24)25-16-26(21(4,5)6,22(7,8)9)23(10,11)12/h13-15,24H,16H2,1-12H3. The molecule has 0 fully saturated rings. The molecule has 0 spiro atoms. The maximum absolute atomic E-state index is 10.3. The quantitative estimate of drug-likeness (QED) is 0.412. The normalized spacial score (nSPS) is 14.6. The number of thioether (sulfide) groups is 1. The molecule has 0 bridgehead atoms. The predicted molar refractivity (Wildman–Crippen MR) is 122 cm³/mol. The number of hydrogen-bond acceptors (Lipinski definition) is 2. The van der Waals surface area contributed by atoms with Crippen LogP contribution in [0.3, 0.4) is 0 Å². The zero-order valence-corrected chi connectivity index (χ0v) is 21.1. The van der Waals surface area contributed by atoms with E-state index in [2.05, 4.69) is 95.2 Å². The summed E-state index contributed by atoms with van der Waals surface area (Å²) in [5, 5.41) is 12.4. The van der Waals surface area contributed by atoms with E-state index in [0.717, 1.165) is 5.56 Å². The number of phenolic OH excluding ortho intramolecular Hbond substituents is 1. The monoisotopic (exact) mass is 394 g/mol. The summed E-state index contributed by atoms with van der Waals surface area (Å²) in [6, 6.07) is 6.16. The van der Waals surface area contributed by atoms with Crippen molar-refractivity contribution in [1.29, 1.82) is 0 Å². The molecule has 0 saturated heterocycles. The highest BCUT2D eigenvalue weighted by molar-refractivity contribution is 8.01. The third-order valence-corrected chi connectivity index (χ3v) is 16.7. The van der Waals surface area contributed by atoms with E-state index in [1.807, 2.05) is 17.8 Å². The fourth-order valence-corrected chi connectivity index (χ4v) is 19.3. The highest BCUT2D eigenvalue weighted by Crippen LogP contribution is 2.63. The van der Waals surface area contributed by atoms with Crippen LogP contribution < -0.4 is 0 Å². The van der Waals surface area contributed by atoms with Gasteiger partial charge >= 0.3 is 0 Å². The number of hydrogen-bond donors (Lipinski definition) is 1. The number of benzene rings is 1. The van der Waals surface area contributed by atoms with Crippen LogP contribution in [0.2, 0.25) is 15.1 Å². The van der Waals surface area contributed by atoms with Crippen LogP contribution in [0.25, 0.3) is 0 Å². The van der Waals surface area contributed by atoms with Gasteiger partial charge < -0.3 is 5.11 Å². The molecule has 1 nitrogen and oxygen atoms in total. The molecule has 1 aromatic carbocycles. The lowest BCUT2D eigenvalue weighted by atomic mass is 9.86. The van der Waals surface area contributed by atoms with Crippen molar-refractivity contribution in [3.05, 3.63) is 23.8 Å². The Kier molecular flexibility index (Phi) is 6.54. The minimum atomic E-state index is -1.76. The summed E-state index contributed by atoms with van der Waals surface area (Å²) in [6.45, 7) is 28.6. The molecular formula is C23H42OSSi. The summed E-state index contributed by atoms with van der Waals surface area (Å²) in [6.07, 6.45) is 0. The molecule has 0 unspecified atom stereocenters. The van der Waals surface area contributed by atoms with Gasteiger partial charge in [0.05, 0.1) is 8.07 Å². The molecule has 0 aliphatic rings. The third kappa shape index (κ3) is 4.52. The van der Waals surface area contributed by atoms with Crippen LogP contribution >= 0.6 is 11.8 Å². The summed E-state index contributed by atoms with van der Waals surface area (Å²) in [7, 11) is -1.76. The van der Waals surface area contributed by atoms with Crippen LogP contribution in [-0.2, 0) is 5.41 Å². The van der Waals surface area contributed by atoms with E-state index in [0.29, 0.717) is 20.9 Å². The van der Waals surface area contributed by atoms with E-state index in [4.69, 9.17) is 0 Å². The minimum absolute atomic E-state index is 0.0484. The fraction of sp³-hybridized carbons (Fsp3) is 0.739. The van der Waals surface area contributed by atoms with Crippen LogP contribution in [0.5, 0.6) is 5.75 Å². The molecule has 0 amide bonds. The van der Waals surface area contributed by atoms with Gasteiger partial charge in [-0.05, 0) is 44.1 Å². The maximum atomic E-state index is 10.3. The third-order valence-electron chi connectivity index (χ3n) is 6.07. The van der Waals surface area contributed by atoms with Gasteiger partial charge in [-0.1, -0.05) is 83.1 Å². The van der Waals surface area contributed by atoms with Crippen LogP contribution in [-0.4, -0.2) is 18.6 Å². The van der Waals surface area contributed by atoms with E-state index < -0.39 is 8.07 Å². The summed E-state index contributed by atoms with van der Waals surface area (Å²) in [5.41, 5.74) is 0.991. The molecule has 0 saturated carbocycles. The Bertz CT molecular complexity index is 586. The fourth-order valence-electron chi connectivity index (χ4n) is 5.42. The van der Waals surface area contributed by atoms with Crippen molar-refractivity contribution in [3.63, 3.8) is 0 Å². The summed E-state index contributed by atoms with van der Waals surface area (Å²) < 4.78 is 0. The van der Waals surface area contributed by atoms with E-state index in [9.17, 15) is 5.11 Å². The zero-order valence-electron chi connectivity index (χ0n) is 19.3. The Labute approximate surface area is 168 Å². The lowest BCUT2D eigenvalue weighted by molar-refractivity contribution is 0.446. The topological polar surface area (TPSA) is 20.2 Å². The highest BCUT2D eigenvalue weighted by atomic mass is 32.2. The SMILES string of the molecule is CC(C)(C)c1cc(SC[Si](C(C)(C)C)(C(C)(C)C)C(C)(C)C)ccc1O. The van der Waals surface area contributed by atoms with E-state index in [-0.39, 0.29) is 5.41 Å². The van der Waals surface area contributed by atoms with Gasteiger partial charge in [0.1, 0.15) is 5.75 Å². The van der Waals surface area contributed by atoms with Gasteiger partial charge in [0.25, 0.3) is 0 Å². The second-order valence-electron chi connectivity index (χ2n) is 11.9. The molecular weight excluding hydrogens is 352 g/mol. The van der Waals surface area contributed by atoms with E-state index in [1.54, 1.807) is 0 Å². The average molecular weight is 395 g/mol. The van der Waals surface area contributed by atoms with E-state index in [1.165, 1.54) is 10.3 Å². The van der Waals surface area contributed by atoms with Crippen LogP contribution in [0.1, 0.15) is 88.6 Å². The molecule has 1 rings (SSSR count). The number of rotatable bonds is 3. The second kappa shape index (κ2) is 7.20. The molecule has 0 aliphatic carbocycles. The number of aromatic hydroxyl groups is 1. The van der Waals surface area contributed by atoms with Gasteiger partial charge in [-0.2, -0.15) is 0 Å². The van der Waals surface area contributed by atoms with Crippen LogP contribution in [0, 0.1) is 0 Å². The first-order valence-electron chi connectivity index (χ1n) is 9.81. The molecule has 0 aromatic heterocycles. The van der Waals surface area contributed by atoms with Crippen LogP contribution in [0.15, 0.2) is 23.1 Å². The molecule has 26 heavy (non-hydrogen) atoms. The molecule has 0 heterocycles. The van der Waals surface area contributed by atoms with E-state index >= 15 is 0 Å². The smallest absolute Gasteiger partial charge is 0.119 e. The van der Waals surface area contributed by atoms with Gasteiger partial charge in [0.15, 0.2) is 0 Å². The van der Waals surface area contributed by atoms with Gasteiger partial charge in [0, 0.05) is 10.5 Å². The van der Waals surface area contributed by atoms with Gasteiger partial charge in [0.2, 0.25) is 0 Å². The maximum Gasteiger partial charge on any atom is 0.119 e. The Morgan fingerprint density at radius 3 is 1.54 bits per heavy atom.